The van der Waals surface area contributed by atoms with E-state index in [1.807, 2.05) is 81.4 Å². The van der Waals surface area contributed by atoms with Crippen LogP contribution in [0.25, 0.3) is 0 Å². The summed E-state index contributed by atoms with van der Waals surface area (Å²) in [4.78, 5) is 11.8. The van der Waals surface area contributed by atoms with Gasteiger partial charge in [0.25, 0.3) is 0 Å². The lowest BCUT2D eigenvalue weighted by molar-refractivity contribution is -0.340. The van der Waals surface area contributed by atoms with Gasteiger partial charge in [0.05, 0.1) is 95.6 Å². The molecule has 14 atom stereocenters. The third-order valence-electron chi connectivity index (χ3n) is 18.9. The van der Waals surface area contributed by atoms with Gasteiger partial charge in [0.1, 0.15) is 17.2 Å². The van der Waals surface area contributed by atoms with Crippen molar-refractivity contribution in [2.24, 2.45) is 29.6 Å². The number of hydrogen-bond acceptors (Lipinski definition) is 13. The predicted molar refractivity (Wildman–Crippen MR) is 347 cm³/mol. The molecule has 0 saturated carbocycles. The lowest BCUT2D eigenvalue weighted by Gasteiger charge is -2.50. The molecule has 488 valence electrons. The van der Waals surface area contributed by atoms with Gasteiger partial charge in [-0.05, 0) is 155 Å². The number of aliphatic hydroxyl groups is 1. The standard InChI is InChI=1S/C72H112O14Si/c1-18-58(79-46-53-24-30-59(76-13)31-25-53)42-63-50(4)37-39-72(84-63)45-57(73)41-62(82-72)43-65(86-87(16,17)69(7,8)9)56(40-49(2)3)22-20-19-21-38-71(12,81-48-55-28-34-61(78-15)35-29-55)66-44-64(83-70(10,11)85-66)52(6)68(51(5)23-36-67(74)75)80-47-54-26-32-60(77-14)33-27-54/h20,22-36,49-52,56-58,62-66,68,73H,18-19,21,37-48H2,1-17H3,(H,74,75)/b22-20+,36-23+/t50?,51-,52+,56+,57-,58+,62+,63-,64-,65+,66+,68+,71+,72-/m0/s1. The number of carboxylic acids is 1. The molecule has 15 heteroatoms. The Morgan fingerprint density at radius 2 is 1.34 bits per heavy atom. The van der Waals surface area contributed by atoms with E-state index in [0.717, 1.165) is 78.9 Å². The molecule has 0 bridgehead atoms. The summed E-state index contributed by atoms with van der Waals surface area (Å²) in [5.74, 6) is -0.0959. The summed E-state index contributed by atoms with van der Waals surface area (Å²) >= 11 is 0. The van der Waals surface area contributed by atoms with E-state index in [9.17, 15) is 15.0 Å². The van der Waals surface area contributed by atoms with Gasteiger partial charge in [-0.25, -0.2) is 4.79 Å². The number of aliphatic hydroxyl groups excluding tert-OH is 1. The molecule has 3 aromatic rings. The predicted octanol–water partition coefficient (Wildman–Crippen LogP) is 16.0. The van der Waals surface area contributed by atoms with Crippen LogP contribution in [0.2, 0.25) is 18.1 Å². The average molecular weight is 1230 g/mol. The highest BCUT2D eigenvalue weighted by Crippen LogP contribution is 2.46. The first-order valence-corrected chi connectivity index (χ1v) is 35.4. The summed E-state index contributed by atoms with van der Waals surface area (Å²) in [7, 11) is 2.68. The Bertz CT molecular complexity index is 2560. The van der Waals surface area contributed by atoms with E-state index in [2.05, 4.69) is 99.7 Å². The zero-order chi connectivity index (χ0) is 63.7. The lowest BCUT2D eigenvalue weighted by atomic mass is 9.81. The van der Waals surface area contributed by atoms with E-state index in [0.29, 0.717) is 63.8 Å². The van der Waals surface area contributed by atoms with Crippen LogP contribution >= 0.6 is 0 Å². The van der Waals surface area contributed by atoms with Crippen LogP contribution in [0, 0.1) is 29.6 Å². The summed E-state index contributed by atoms with van der Waals surface area (Å²) < 4.78 is 72.4. The fraction of sp³-hybridized carbons (Fsp3) is 0.681. The Balaban J connectivity index is 1.21. The number of carbonyl (C=O) groups is 1. The van der Waals surface area contributed by atoms with Gasteiger partial charge >= 0.3 is 5.97 Å². The van der Waals surface area contributed by atoms with E-state index < -0.39 is 43.7 Å². The van der Waals surface area contributed by atoms with Gasteiger partial charge in [-0.15, -0.1) is 0 Å². The second-order valence-electron chi connectivity index (χ2n) is 28.0. The van der Waals surface area contributed by atoms with Crippen LogP contribution in [0.4, 0.5) is 0 Å². The third kappa shape index (κ3) is 21.8. The minimum absolute atomic E-state index is 0.0103. The van der Waals surface area contributed by atoms with Gasteiger partial charge < -0.3 is 62.0 Å². The highest BCUT2D eigenvalue weighted by Gasteiger charge is 2.51. The molecule has 1 unspecified atom stereocenters. The quantitative estimate of drug-likeness (QED) is 0.0257. The number of aliphatic carboxylic acids is 1. The van der Waals surface area contributed by atoms with Crippen LogP contribution in [0.5, 0.6) is 17.2 Å². The van der Waals surface area contributed by atoms with Crippen molar-refractivity contribution in [3.8, 4) is 17.2 Å². The third-order valence-corrected chi connectivity index (χ3v) is 23.4. The molecule has 3 aliphatic heterocycles. The number of unbranched alkanes of at least 4 members (excludes halogenated alkanes) is 1. The normalized spacial score (nSPS) is 25.6. The van der Waals surface area contributed by atoms with E-state index in [1.165, 1.54) is 6.08 Å². The first kappa shape index (κ1) is 71.9. The van der Waals surface area contributed by atoms with Gasteiger partial charge in [0, 0.05) is 49.5 Å². The summed E-state index contributed by atoms with van der Waals surface area (Å²) in [6, 6.07) is 23.8. The topological polar surface area (TPSA) is 159 Å². The van der Waals surface area contributed by atoms with E-state index in [-0.39, 0.29) is 59.4 Å². The highest BCUT2D eigenvalue weighted by molar-refractivity contribution is 6.74. The summed E-state index contributed by atoms with van der Waals surface area (Å²) in [6.45, 7) is 32.1. The van der Waals surface area contributed by atoms with Crippen LogP contribution in [-0.4, -0.2) is 112 Å². The second-order valence-corrected chi connectivity index (χ2v) is 32.8. The van der Waals surface area contributed by atoms with Gasteiger partial charge in [0.2, 0.25) is 0 Å². The largest absolute Gasteiger partial charge is 0.497 e. The molecule has 14 nitrogen and oxygen atoms in total. The Morgan fingerprint density at radius 1 is 0.770 bits per heavy atom. The number of hydrogen-bond donors (Lipinski definition) is 2. The molecule has 0 aliphatic carbocycles. The maximum Gasteiger partial charge on any atom is 0.327 e. The Morgan fingerprint density at radius 3 is 1.89 bits per heavy atom. The van der Waals surface area contributed by atoms with Crippen molar-refractivity contribution in [3.05, 3.63) is 114 Å². The molecular weight excluding hydrogens is 1120 g/mol. The minimum Gasteiger partial charge on any atom is -0.497 e. The number of allylic oxidation sites excluding steroid dienone is 1. The monoisotopic (exact) mass is 1230 g/mol. The van der Waals surface area contributed by atoms with Gasteiger partial charge in [-0.3, -0.25) is 0 Å². The van der Waals surface area contributed by atoms with Crippen molar-refractivity contribution in [1.82, 2.24) is 0 Å². The SMILES string of the molecule is CC[C@H](C[C@@H]1O[C@@]2(CCC1C)C[C@@H](O)C[C@H](C[C@@H](O[Si](C)(C)C(C)(C)C)[C@H](/C=C/CCC[C@@](C)(OCc1ccc(OC)cc1)[C@H]1C[C@@H]([C@@H](C)[C@H](OCc3ccc(OC)cc3)[C@@H](C)/C=C/C(=O)O)OC(C)(C)O1)CC(C)C)O2)OCc1ccc(OC)cc1. The Hall–Kier alpha value is -4.13. The molecule has 3 aliphatic rings. The van der Waals surface area contributed by atoms with Crippen molar-refractivity contribution in [3.63, 3.8) is 0 Å². The molecule has 3 fully saturated rings. The fourth-order valence-electron chi connectivity index (χ4n) is 12.6. The molecule has 6 rings (SSSR count). The molecular formula is C72H112O14Si. The number of benzene rings is 3. The van der Waals surface area contributed by atoms with Crippen LogP contribution in [0.3, 0.4) is 0 Å². The number of carboxylic acid groups (broad SMARTS) is 1. The first-order valence-electron chi connectivity index (χ1n) is 32.5. The van der Waals surface area contributed by atoms with Crippen molar-refractivity contribution in [2.75, 3.05) is 21.3 Å². The number of ether oxygens (including phenoxy) is 10. The van der Waals surface area contributed by atoms with Crippen molar-refractivity contribution in [1.29, 1.82) is 0 Å². The van der Waals surface area contributed by atoms with Crippen molar-refractivity contribution >= 4 is 14.3 Å². The summed E-state index contributed by atoms with van der Waals surface area (Å²) in [6.07, 6.45) is 14.3. The molecule has 2 N–H and O–H groups in total. The van der Waals surface area contributed by atoms with Crippen LogP contribution < -0.4 is 14.2 Å². The van der Waals surface area contributed by atoms with Crippen LogP contribution in [0.1, 0.15) is 177 Å². The number of methoxy groups -OCH3 is 3. The minimum atomic E-state index is -2.31. The Kier molecular flexibility index (Phi) is 27.1. The molecule has 1 spiro atoms. The van der Waals surface area contributed by atoms with Crippen LogP contribution in [0.15, 0.2) is 97.1 Å². The fourth-order valence-corrected chi connectivity index (χ4v) is 14.0. The second kappa shape index (κ2) is 32.7. The summed E-state index contributed by atoms with van der Waals surface area (Å²) in [5.41, 5.74) is 2.35. The maximum absolute atomic E-state index is 11.8. The molecule has 0 aromatic heterocycles. The van der Waals surface area contributed by atoms with Gasteiger partial charge in [0.15, 0.2) is 19.9 Å². The lowest BCUT2D eigenvalue weighted by Crippen LogP contribution is -2.57. The molecule has 0 amide bonds. The zero-order valence-electron chi connectivity index (χ0n) is 56.1. The van der Waals surface area contributed by atoms with Gasteiger partial charge in [-0.1, -0.05) is 117 Å². The molecule has 3 saturated heterocycles. The van der Waals surface area contributed by atoms with Crippen molar-refractivity contribution in [2.45, 2.75) is 264 Å². The van der Waals surface area contributed by atoms with Crippen molar-refractivity contribution < 1.29 is 66.8 Å². The van der Waals surface area contributed by atoms with E-state index in [4.69, 9.17) is 51.8 Å². The molecule has 3 heterocycles. The maximum atomic E-state index is 11.8. The summed E-state index contributed by atoms with van der Waals surface area (Å²) in [5, 5.41) is 21.4. The first-order chi connectivity index (χ1) is 41.1. The zero-order valence-corrected chi connectivity index (χ0v) is 57.1. The number of rotatable bonds is 33. The van der Waals surface area contributed by atoms with E-state index >= 15 is 0 Å². The average Bonchev–Trinajstić information content (AvgIpc) is 1.71. The highest BCUT2D eigenvalue weighted by atomic mass is 28.4. The van der Waals surface area contributed by atoms with Gasteiger partial charge in [-0.2, -0.15) is 0 Å². The molecule has 0 radical (unpaired) electrons. The molecule has 87 heavy (non-hydrogen) atoms. The Labute approximate surface area is 524 Å². The smallest absolute Gasteiger partial charge is 0.327 e. The van der Waals surface area contributed by atoms with Crippen LogP contribution in [-0.2, 0) is 62.2 Å². The molecule has 3 aromatic carbocycles. The van der Waals surface area contributed by atoms with E-state index in [1.54, 1.807) is 27.4 Å².